The van der Waals surface area contributed by atoms with E-state index in [0.717, 1.165) is 31.9 Å². The minimum atomic E-state index is -0.736. The molecule has 2 aliphatic rings. The second-order valence-corrected chi connectivity index (χ2v) is 7.26. The number of para-hydroxylation sites is 1. The molecule has 4 rings (SSSR count). The van der Waals surface area contributed by atoms with Gasteiger partial charge >= 0.3 is 6.03 Å². The second kappa shape index (κ2) is 8.22. The van der Waals surface area contributed by atoms with Crippen LogP contribution in [0, 0.1) is 0 Å². The Morgan fingerprint density at radius 1 is 1.11 bits per heavy atom. The Morgan fingerprint density at radius 2 is 1.86 bits per heavy atom. The van der Waals surface area contributed by atoms with Gasteiger partial charge in [0.15, 0.2) is 11.5 Å². The summed E-state index contributed by atoms with van der Waals surface area (Å²) in [5, 5.41) is 9.96. The van der Waals surface area contributed by atoms with E-state index in [-0.39, 0.29) is 12.1 Å². The van der Waals surface area contributed by atoms with E-state index in [0.29, 0.717) is 18.9 Å². The maximum Gasteiger partial charge on any atom is 0.323 e. The molecule has 2 saturated heterocycles. The highest BCUT2D eigenvalue weighted by atomic mass is 16.2. The lowest BCUT2D eigenvalue weighted by Gasteiger charge is -2.55. The average molecular weight is 381 g/mol. The molecule has 2 aliphatic heterocycles. The van der Waals surface area contributed by atoms with Crippen molar-refractivity contribution in [3.8, 4) is 0 Å². The third-order valence-electron chi connectivity index (χ3n) is 5.50. The lowest BCUT2D eigenvalue weighted by atomic mass is 9.98. The lowest BCUT2D eigenvalue weighted by molar-refractivity contribution is -0.0844. The molecule has 0 aliphatic carbocycles. The van der Waals surface area contributed by atoms with Crippen LogP contribution in [0.4, 0.5) is 10.5 Å². The second-order valence-electron chi connectivity index (χ2n) is 7.26. The number of aromatic nitrogens is 2. The van der Waals surface area contributed by atoms with Crippen LogP contribution in [0.1, 0.15) is 12.7 Å². The van der Waals surface area contributed by atoms with E-state index in [1.165, 1.54) is 0 Å². The number of anilines is 1. The third kappa shape index (κ3) is 3.46. The normalized spacial score (nSPS) is 26.0. The largest absolute Gasteiger partial charge is 0.323 e. The number of nitrogens with one attached hydrogen (secondary N) is 3. The summed E-state index contributed by atoms with van der Waals surface area (Å²) in [7, 11) is 0. The summed E-state index contributed by atoms with van der Waals surface area (Å²) < 4.78 is 0. The Morgan fingerprint density at radius 3 is 2.61 bits per heavy atom. The van der Waals surface area contributed by atoms with Crippen molar-refractivity contribution in [2.45, 2.75) is 18.6 Å². The zero-order valence-corrected chi connectivity index (χ0v) is 16.1. The molecular formula is C20H27N7O. The van der Waals surface area contributed by atoms with E-state index in [1.54, 1.807) is 12.4 Å². The summed E-state index contributed by atoms with van der Waals surface area (Å²) in [6.45, 7) is 6.62. The Bertz CT molecular complexity index is 788. The Hall–Kier alpha value is -2.55. The van der Waals surface area contributed by atoms with Crippen LogP contribution in [0.5, 0.6) is 0 Å². The van der Waals surface area contributed by atoms with Crippen LogP contribution in [0.3, 0.4) is 0 Å². The van der Waals surface area contributed by atoms with Gasteiger partial charge in [-0.3, -0.25) is 9.80 Å². The predicted octanol–water partition coefficient (Wildman–Crippen LogP) is 1.06. The molecule has 2 unspecified atom stereocenters. The number of hydrogen-bond donors (Lipinski definition) is 3. The van der Waals surface area contributed by atoms with Crippen LogP contribution in [0.2, 0.25) is 0 Å². The van der Waals surface area contributed by atoms with E-state index in [1.807, 2.05) is 41.3 Å². The molecule has 1 aromatic heterocycles. The van der Waals surface area contributed by atoms with Crippen molar-refractivity contribution in [1.82, 2.24) is 30.4 Å². The van der Waals surface area contributed by atoms with Gasteiger partial charge in [-0.05, 0) is 25.1 Å². The molecule has 2 amide bonds. The van der Waals surface area contributed by atoms with Gasteiger partial charge in [0.2, 0.25) is 0 Å². The lowest BCUT2D eigenvalue weighted by Crippen LogP contribution is -2.73. The molecule has 28 heavy (non-hydrogen) atoms. The van der Waals surface area contributed by atoms with Gasteiger partial charge in [0, 0.05) is 63.4 Å². The molecule has 148 valence electrons. The molecule has 1 aromatic carbocycles. The van der Waals surface area contributed by atoms with Crippen molar-refractivity contribution in [3.63, 3.8) is 0 Å². The highest BCUT2D eigenvalue weighted by Crippen LogP contribution is 2.34. The molecule has 2 fully saturated rings. The minimum Gasteiger partial charge on any atom is -0.314 e. The molecule has 0 bridgehead atoms. The van der Waals surface area contributed by atoms with Crippen molar-refractivity contribution in [2.24, 2.45) is 0 Å². The fourth-order valence-corrected chi connectivity index (χ4v) is 4.20. The third-order valence-corrected chi connectivity index (χ3v) is 5.50. The summed E-state index contributed by atoms with van der Waals surface area (Å²) >= 11 is 0. The Kier molecular flexibility index (Phi) is 5.52. The first-order chi connectivity index (χ1) is 13.7. The number of carbonyl (C=O) groups is 1. The SMILES string of the molecule is CC1CNCCN1C1(c2ncccn2)CNCCN1C(=O)Nc1ccccc1. The highest BCUT2D eigenvalue weighted by Gasteiger charge is 2.52. The number of nitrogens with zero attached hydrogens (tertiary/aromatic N) is 4. The molecule has 0 saturated carbocycles. The molecule has 2 atom stereocenters. The van der Waals surface area contributed by atoms with Gasteiger partial charge in [-0.2, -0.15) is 0 Å². The fourth-order valence-electron chi connectivity index (χ4n) is 4.20. The van der Waals surface area contributed by atoms with E-state index < -0.39 is 5.66 Å². The van der Waals surface area contributed by atoms with Crippen LogP contribution in [0.15, 0.2) is 48.8 Å². The van der Waals surface area contributed by atoms with Crippen molar-refractivity contribution in [1.29, 1.82) is 0 Å². The van der Waals surface area contributed by atoms with Crippen LogP contribution >= 0.6 is 0 Å². The number of carbonyl (C=O) groups excluding carboxylic acids is 1. The van der Waals surface area contributed by atoms with Crippen LogP contribution in [-0.4, -0.2) is 71.1 Å². The maximum absolute atomic E-state index is 13.4. The summed E-state index contributed by atoms with van der Waals surface area (Å²) in [4.78, 5) is 26.8. The number of hydrogen-bond acceptors (Lipinski definition) is 6. The van der Waals surface area contributed by atoms with E-state index in [2.05, 4.69) is 37.7 Å². The molecule has 8 heteroatoms. The first-order valence-electron chi connectivity index (χ1n) is 9.81. The highest BCUT2D eigenvalue weighted by molar-refractivity contribution is 5.90. The zero-order valence-electron chi connectivity index (χ0n) is 16.1. The van der Waals surface area contributed by atoms with Gasteiger partial charge in [0.1, 0.15) is 0 Å². The molecule has 2 aromatic rings. The van der Waals surface area contributed by atoms with Gasteiger partial charge < -0.3 is 16.0 Å². The number of urea groups is 1. The standard InChI is InChI=1S/C20H27N7O/c1-16-14-21-10-12-26(16)20(18-23-8-5-9-24-18)15-22-11-13-27(20)19(28)25-17-6-3-2-4-7-17/h2-9,16,21-22H,10-15H2,1H3,(H,25,28). The number of benzene rings is 1. The summed E-state index contributed by atoms with van der Waals surface area (Å²) in [5.41, 5.74) is 0.0437. The summed E-state index contributed by atoms with van der Waals surface area (Å²) in [6, 6.07) is 11.5. The molecule has 0 radical (unpaired) electrons. The Labute approximate surface area is 165 Å². The quantitative estimate of drug-likeness (QED) is 0.737. The summed E-state index contributed by atoms with van der Waals surface area (Å²) in [5.74, 6) is 0.652. The van der Waals surface area contributed by atoms with Crippen molar-refractivity contribution in [3.05, 3.63) is 54.6 Å². The maximum atomic E-state index is 13.4. The van der Waals surface area contributed by atoms with E-state index in [9.17, 15) is 4.79 Å². The first kappa shape index (κ1) is 18.8. The fraction of sp³-hybridized carbons (Fsp3) is 0.450. The average Bonchev–Trinajstić information content (AvgIpc) is 2.75. The predicted molar refractivity (Wildman–Crippen MR) is 108 cm³/mol. The molecule has 3 N–H and O–H groups in total. The van der Waals surface area contributed by atoms with E-state index in [4.69, 9.17) is 0 Å². The van der Waals surface area contributed by atoms with E-state index >= 15 is 0 Å². The number of amides is 2. The minimum absolute atomic E-state index is 0.133. The topological polar surface area (TPSA) is 85.4 Å². The van der Waals surface area contributed by atoms with Gasteiger partial charge in [-0.15, -0.1) is 0 Å². The molecule has 3 heterocycles. The van der Waals surface area contributed by atoms with Gasteiger partial charge in [-0.25, -0.2) is 14.8 Å². The molecule has 0 spiro atoms. The van der Waals surface area contributed by atoms with Crippen molar-refractivity contribution in [2.75, 3.05) is 44.6 Å². The first-order valence-corrected chi connectivity index (χ1v) is 9.81. The molecule has 8 nitrogen and oxygen atoms in total. The van der Waals surface area contributed by atoms with Gasteiger partial charge in [0.25, 0.3) is 0 Å². The smallest absolute Gasteiger partial charge is 0.314 e. The van der Waals surface area contributed by atoms with Gasteiger partial charge in [-0.1, -0.05) is 18.2 Å². The molecular weight excluding hydrogens is 354 g/mol. The monoisotopic (exact) mass is 381 g/mol. The van der Waals surface area contributed by atoms with Crippen LogP contribution in [0.25, 0.3) is 0 Å². The van der Waals surface area contributed by atoms with Crippen LogP contribution < -0.4 is 16.0 Å². The number of rotatable bonds is 3. The van der Waals surface area contributed by atoms with Gasteiger partial charge in [0.05, 0.1) is 0 Å². The Balaban J connectivity index is 1.74. The van der Waals surface area contributed by atoms with Crippen molar-refractivity contribution < 1.29 is 4.79 Å². The van der Waals surface area contributed by atoms with Crippen molar-refractivity contribution >= 4 is 11.7 Å². The summed E-state index contributed by atoms with van der Waals surface area (Å²) in [6.07, 6.45) is 3.50. The van der Waals surface area contributed by atoms with Crippen LogP contribution in [-0.2, 0) is 5.66 Å². The number of piperazine rings is 2. The zero-order chi connectivity index (χ0) is 19.4.